The number of benzene rings is 3. The minimum atomic E-state index is -0.877. The van der Waals surface area contributed by atoms with Crippen molar-refractivity contribution in [3.8, 4) is 22.4 Å². The topological polar surface area (TPSA) is 65.5 Å². The Kier molecular flexibility index (Phi) is 5.15. The Morgan fingerprint density at radius 1 is 0.906 bits per heavy atom. The third-order valence-corrected chi connectivity index (χ3v) is 5.60. The Morgan fingerprint density at radius 3 is 2.28 bits per heavy atom. The van der Waals surface area contributed by atoms with Gasteiger partial charge in [-0.3, -0.25) is 0 Å². The van der Waals surface area contributed by atoms with Crippen molar-refractivity contribution >= 4 is 22.8 Å². The number of para-hydroxylation sites is 1. The smallest absolute Gasteiger partial charge is 0.347 e. The summed E-state index contributed by atoms with van der Waals surface area (Å²) in [6, 6.07) is 27.3. The average molecular weight is 423 g/mol. The molecule has 0 spiro atoms. The van der Waals surface area contributed by atoms with Crippen LogP contribution in [0.5, 0.6) is 0 Å². The summed E-state index contributed by atoms with van der Waals surface area (Å²) in [5, 5.41) is 0.682. The van der Waals surface area contributed by atoms with E-state index >= 15 is 0 Å². The lowest BCUT2D eigenvalue weighted by Gasteiger charge is -2.12. The van der Waals surface area contributed by atoms with Crippen molar-refractivity contribution in [2.24, 2.45) is 0 Å². The number of rotatable bonds is 4. The first-order valence-electron chi connectivity index (χ1n) is 10.6. The summed E-state index contributed by atoms with van der Waals surface area (Å²) in [5.41, 5.74) is 4.85. The SMILES string of the molecule is C[C@H]1C[C@H](OC(=O)c2cc(-c3ccc(-c4ccccc4)cc3)nc3ccccc23)C(=O)O1. The number of nitrogens with zero attached hydrogens (tertiary/aromatic N) is 1. The number of pyridine rings is 1. The van der Waals surface area contributed by atoms with Gasteiger partial charge in [0, 0.05) is 17.4 Å². The first kappa shape index (κ1) is 19.9. The quantitative estimate of drug-likeness (QED) is 0.410. The van der Waals surface area contributed by atoms with Gasteiger partial charge in [-0.1, -0.05) is 72.8 Å². The molecular formula is C27H21NO4. The minimum absolute atomic E-state index is 0.256. The molecular weight excluding hydrogens is 402 g/mol. The standard InChI is InChI=1S/C27H21NO4/c1-17-15-25(27(30)31-17)32-26(29)22-16-24(28-23-10-6-5-9-21(22)23)20-13-11-19(12-14-20)18-7-3-2-4-8-18/h2-14,16-17,25H,15H2,1H3/t17-,25-/m0/s1. The molecule has 158 valence electrons. The van der Waals surface area contributed by atoms with E-state index in [1.54, 1.807) is 13.0 Å². The Morgan fingerprint density at radius 2 is 1.56 bits per heavy atom. The molecule has 0 bridgehead atoms. The molecule has 5 heteroatoms. The Labute approximate surface area is 185 Å². The van der Waals surface area contributed by atoms with Crippen LogP contribution in [0.4, 0.5) is 0 Å². The fourth-order valence-corrected chi connectivity index (χ4v) is 3.97. The first-order valence-corrected chi connectivity index (χ1v) is 10.6. The van der Waals surface area contributed by atoms with E-state index in [4.69, 9.17) is 14.5 Å². The summed E-state index contributed by atoms with van der Waals surface area (Å²) in [6.07, 6.45) is -0.771. The molecule has 4 aromatic rings. The number of fused-ring (bicyclic) bond motifs is 1. The zero-order valence-corrected chi connectivity index (χ0v) is 17.5. The van der Waals surface area contributed by atoms with Gasteiger partial charge >= 0.3 is 11.9 Å². The molecule has 0 amide bonds. The molecule has 0 radical (unpaired) electrons. The molecule has 5 nitrogen and oxygen atoms in total. The number of hydrogen-bond donors (Lipinski definition) is 0. The Balaban J connectivity index is 1.51. The van der Waals surface area contributed by atoms with Crippen molar-refractivity contribution in [2.45, 2.75) is 25.6 Å². The van der Waals surface area contributed by atoms with Crippen LogP contribution in [-0.4, -0.2) is 29.1 Å². The molecule has 0 unspecified atom stereocenters. The van der Waals surface area contributed by atoms with E-state index in [-0.39, 0.29) is 6.10 Å². The summed E-state index contributed by atoms with van der Waals surface area (Å²) in [7, 11) is 0. The van der Waals surface area contributed by atoms with Gasteiger partial charge in [-0.25, -0.2) is 14.6 Å². The summed E-state index contributed by atoms with van der Waals surface area (Å²) < 4.78 is 10.6. The summed E-state index contributed by atoms with van der Waals surface area (Å²) >= 11 is 0. The average Bonchev–Trinajstić information content (AvgIpc) is 3.15. The molecule has 1 aliphatic rings. The number of cyclic esters (lactones) is 1. The number of aromatic nitrogens is 1. The van der Waals surface area contributed by atoms with Gasteiger partial charge in [-0.2, -0.15) is 0 Å². The first-order chi connectivity index (χ1) is 15.6. The molecule has 32 heavy (non-hydrogen) atoms. The number of esters is 2. The van der Waals surface area contributed by atoms with E-state index in [1.807, 2.05) is 66.7 Å². The Bertz CT molecular complexity index is 1300. The molecule has 5 rings (SSSR count). The fourth-order valence-electron chi connectivity index (χ4n) is 3.97. The lowest BCUT2D eigenvalue weighted by atomic mass is 10.0. The van der Waals surface area contributed by atoms with Crippen LogP contribution in [0.3, 0.4) is 0 Å². The number of hydrogen-bond acceptors (Lipinski definition) is 5. The van der Waals surface area contributed by atoms with E-state index in [1.165, 1.54) is 0 Å². The molecule has 0 aliphatic carbocycles. The maximum Gasteiger partial charge on any atom is 0.347 e. The van der Waals surface area contributed by atoms with Gasteiger partial charge in [0.05, 0.1) is 16.8 Å². The maximum absolute atomic E-state index is 13.0. The predicted molar refractivity (Wildman–Crippen MR) is 122 cm³/mol. The summed E-state index contributed by atoms with van der Waals surface area (Å²) in [4.78, 5) is 29.7. The fraction of sp³-hybridized carbons (Fsp3) is 0.148. The van der Waals surface area contributed by atoms with E-state index in [0.29, 0.717) is 28.6 Å². The molecule has 0 N–H and O–H groups in total. The monoisotopic (exact) mass is 423 g/mol. The van der Waals surface area contributed by atoms with Crippen LogP contribution >= 0.6 is 0 Å². The third-order valence-electron chi connectivity index (χ3n) is 5.60. The number of ether oxygens (including phenoxy) is 2. The van der Waals surface area contributed by atoms with Crippen molar-refractivity contribution in [2.75, 3.05) is 0 Å². The summed E-state index contributed by atoms with van der Waals surface area (Å²) in [6.45, 7) is 1.78. The highest BCUT2D eigenvalue weighted by Gasteiger charge is 2.35. The second kappa shape index (κ2) is 8.27. The predicted octanol–water partition coefficient (Wildman–Crippen LogP) is 5.43. The van der Waals surface area contributed by atoms with Gasteiger partial charge in [-0.15, -0.1) is 0 Å². The van der Waals surface area contributed by atoms with Crippen LogP contribution in [0.25, 0.3) is 33.3 Å². The number of carbonyl (C=O) groups is 2. The minimum Gasteiger partial charge on any atom is -0.460 e. The van der Waals surface area contributed by atoms with E-state index in [0.717, 1.165) is 16.7 Å². The molecule has 2 heterocycles. The highest BCUT2D eigenvalue weighted by molar-refractivity contribution is 6.05. The van der Waals surface area contributed by atoms with Crippen molar-refractivity contribution in [1.29, 1.82) is 0 Å². The van der Waals surface area contributed by atoms with Gasteiger partial charge in [0.25, 0.3) is 0 Å². The largest absolute Gasteiger partial charge is 0.460 e. The lowest BCUT2D eigenvalue weighted by molar-refractivity contribution is -0.147. The molecule has 2 atom stereocenters. The zero-order valence-electron chi connectivity index (χ0n) is 17.5. The van der Waals surface area contributed by atoms with Gasteiger partial charge in [0.1, 0.15) is 6.10 Å². The highest BCUT2D eigenvalue weighted by atomic mass is 16.6. The van der Waals surface area contributed by atoms with Gasteiger partial charge in [-0.05, 0) is 30.2 Å². The van der Waals surface area contributed by atoms with Gasteiger partial charge in [0.2, 0.25) is 6.10 Å². The van der Waals surface area contributed by atoms with Crippen LogP contribution in [0, 0.1) is 0 Å². The van der Waals surface area contributed by atoms with Crippen molar-refractivity contribution in [3.05, 3.63) is 90.5 Å². The molecule has 0 saturated carbocycles. The molecule has 1 fully saturated rings. The van der Waals surface area contributed by atoms with Crippen molar-refractivity contribution in [3.63, 3.8) is 0 Å². The van der Waals surface area contributed by atoms with E-state index in [9.17, 15) is 9.59 Å². The van der Waals surface area contributed by atoms with Crippen LogP contribution in [0.2, 0.25) is 0 Å². The molecule has 1 aromatic heterocycles. The van der Waals surface area contributed by atoms with E-state index in [2.05, 4.69) is 12.1 Å². The number of carbonyl (C=O) groups excluding carboxylic acids is 2. The van der Waals surface area contributed by atoms with Crippen LogP contribution in [-0.2, 0) is 14.3 Å². The second-order valence-corrected chi connectivity index (χ2v) is 7.89. The molecule has 3 aromatic carbocycles. The lowest BCUT2D eigenvalue weighted by Crippen LogP contribution is -2.23. The van der Waals surface area contributed by atoms with Crippen LogP contribution in [0.15, 0.2) is 84.9 Å². The Hall–Kier alpha value is -3.99. The van der Waals surface area contributed by atoms with Gasteiger partial charge < -0.3 is 9.47 Å². The normalized spacial score (nSPS) is 17.8. The summed E-state index contributed by atoms with van der Waals surface area (Å²) in [5.74, 6) is -1.05. The molecule has 1 aliphatic heterocycles. The van der Waals surface area contributed by atoms with Gasteiger partial charge in [0.15, 0.2) is 0 Å². The highest BCUT2D eigenvalue weighted by Crippen LogP contribution is 2.29. The van der Waals surface area contributed by atoms with E-state index < -0.39 is 18.0 Å². The van der Waals surface area contributed by atoms with Crippen molar-refractivity contribution in [1.82, 2.24) is 4.98 Å². The van der Waals surface area contributed by atoms with Crippen LogP contribution < -0.4 is 0 Å². The maximum atomic E-state index is 13.0. The third kappa shape index (κ3) is 3.85. The molecule has 1 saturated heterocycles. The van der Waals surface area contributed by atoms with Crippen LogP contribution in [0.1, 0.15) is 23.7 Å². The zero-order chi connectivity index (χ0) is 22.1. The van der Waals surface area contributed by atoms with Crippen molar-refractivity contribution < 1.29 is 19.1 Å². The second-order valence-electron chi connectivity index (χ2n) is 7.89.